The third-order valence-electron chi connectivity index (χ3n) is 3.59. The molecule has 3 N–H and O–H groups in total. The summed E-state index contributed by atoms with van der Waals surface area (Å²) in [7, 11) is 0. The predicted molar refractivity (Wildman–Crippen MR) is 70.7 cm³/mol. The fourth-order valence-corrected chi connectivity index (χ4v) is 2.30. The third kappa shape index (κ3) is 5.04. The van der Waals surface area contributed by atoms with Crippen molar-refractivity contribution in [3.63, 3.8) is 0 Å². The van der Waals surface area contributed by atoms with Crippen LogP contribution in [0.15, 0.2) is 0 Å². The highest BCUT2D eigenvalue weighted by atomic mass is 16.1. The number of carbonyl (C=O) groups is 1. The number of rotatable bonds is 6. The van der Waals surface area contributed by atoms with Gasteiger partial charge in [-0.05, 0) is 33.2 Å². The molecule has 1 saturated heterocycles. The van der Waals surface area contributed by atoms with Gasteiger partial charge in [-0.2, -0.15) is 0 Å². The quantitative estimate of drug-likeness (QED) is 0.728. The van der Waals surface area contributed by atoms with Gasteiger partial charge in [0.15, 0.2) is 0 Å². The average molecular weight is 241 g/mol. The van der Waals surface area contributed by atoms with Gasteiger partial charge in [-0.1, -0.05) is 13.3 Å². The molecule has 0 aromatic heterocycles. The first-order valence-corrected chi connectivity index (χ1v) is 6.77. The van der Waals surface area contributed by atoms with Crippen molar-refractivity contribution in [2.24, 2.45) is 11.7 Å². The Morgan fingerprint density at radius 3 is 2.59 bits per heavy atom. The number of carbonyl (C=O) groups excluding carboxylic acids is 1. The van der Waals surface area contributed by atoms with Crippen LogP contribution < -0.4 is 11.1 Å². The van der Waals surface area contributed by atoms with E-state index in [-0.39, 0.29) is 11.8 Å². The molecule has 100 valence electrons. The van der Waals surface area contributed by atoms with Crippen molar-refractivity contribution < 1.29 is 4.79 Å². The molecule has 4 nitrogen and oxygen atoms in total. The molecular weight excluding hydrogens is 214 g/mol. The van der Waals surface area contributed by atoms with Crippen molar-refractivity contribution in [3.05, 3.63) is 0 Å². The van der Waals surface area contributed by atoms with E-state index in [0.717, 1.165) is 19.6 Å². The molecule has 0 aliphatic carbocycles. The minimum Gasteiger partial charge on any atom is -0.369 e. The molecule has 1 fully saturated rings. The second kappa shape index (κ2) is 6.97. The highest BCUT2D eigenvalue weighted by Gasteiger charge is 2.21. The number of piperidine rings is 1. The molecule has 1 aliphatic heterocycles. The molecule has 1 aliphatic rings. The summed E-state index contributed by atoms with van der Waals surface area (Å²) in [6.07, 6.45) is 3.85. The lowest BCUT2D eigenvalue weighted by molar-refractivity contribution is -0.122. The zero-order chi connectivity index (χ0) is 12.8. The number of nitrogens with two attached hydrogens (primary N) is 1. The summed E-state index contributed by atoms with van der Waals surface area (Å²) in [5, 5.41) is 3.55. The maximum atomic E-state index is 11.1. The van der Waals surface area contributed by atoms with Gasteiger partial charge in [-0.25, -0.2) is 0 Å². The number of nitrogens with one attached hydrogen (secondary N) is 1. The van der Waals surface area contributed by atoms with Crippen LogP contribution in [0, 0.1) is 5.92 Å². The summed E-state index contributed by atoms with van der Waals surface area (Å²) < 4.78 is 0. The highest BCUT2D eigenvalue weighted by Crippen LogP contribution is 2.12. The molecule has 1 amide bonds. The molecule has 0 aromatic rings. The van der Waals surface area contributed by atoms with E-state index in [0.29, 0.717) is 12.1 Å². The van der Waals surface area contributed by atoms with Crippen LogP contribution in [0.25, 0.3) is 0 Å². The molecular formula is C13H27N3O. The summed E-state index contributed by atoms with van der Waals surface area (Å²) in [6.45, 7) is 9.18. The zero-order valence-electron chi connectivity index (χ0n) is 11.4. The van der Waals surface area contributed by atoms with E-state index in [1.165, 1.54) is 19.3 Å². The summed E-state index contributed by atoms with van der Waals surface area (Å²) in [4.78, 5) is 13.5. The van der Waals surface area contributed by atoms with Crippen LogP contribution in [-0.4, -0.2) is 42.5 Å². The molecule has 0 aromatic carbocycles. The molecule has 1 heterocycles. The minimum atomic E-state index is -0.202. The van der Waals surface area contributed by atoms with Crippen molar-refractivity contribution >= 4 is 5.91 Å². The largest absolute Gasteiger partial charge is 0.369 e. The summed E-state index contributed by atoms with van der Waals surface area (Å²) >= 11 is 0. The Kier molecular flexibility index (Phi) is 5.92. The van der Waals surface area contributed by atoms with E-state index in [2.05, 4.69) is 24.1 Å². The van der Waals surface area contributed by atoms with E-state index in [9.17, 15) is 4.79 Å². The SMILES string of the molecule is CC(CN(CC1CCCCN1)C(C)C)C(N)=O. The lowest BCUT2D eigenvalue weighted by Crippen LogP contribution is -2.48. The lowest BCUT2D eigenvalue weighted by atomic mass is 10.0. The topological polar surface area (TPSA) is 58.4 Å². The van der Waals surface area contributed by atoms with Gasteiger partial charge in [0.05, 0.1) is 0 Å². The maximum Gasteiger partial charge on any atom is 0.221 e. The van der Waals surface area contributed by atoms with Crippen molar-refractivity contribution in [1.29, 1.82) is 0 Å². The molecule has 0 radical (unpaired) electrons. The van der Waals surface area contributed by atoms with Crippen LogP contribution >= 0.6 is 0 Å². The zero-order valence-corrected chi connectivity index (χ0v) is 11.4. The number of hydrogen-bond donors (Lipinski definition) is 2. The molecule has 2 unspecified atom stereocenters. The molecule has 4 heteroatoms. The van der Waals surface area contributed by atoms with Crippen LogP contribution in [0.4, 0.5) is 0 Å². The van der Waals surface area contributed by atoms with Crippen molar-refractivity contribution in [1.82, 2.24) is 10.2 Å². The normalized spacial score (nSPS) is 23.0. The monoisotopic (exact) mass is 241 g/mol. The Bertz CT molecular complexity index is 237. The minimum absolute atomic E-state index is 0.0685. The van der Waals surface area contributed by atoms with Gasteiger partial charge in [0, 0.05) is 31.1 Å². The Morgan fingerprint density at radius 2 is 2.12 bits per heavy atom. The van der Waals surface area contributed by atoms with Crippen molar-refractivity contribution in [2.45, 2.75) is 52.1 Å². The Hall–Kier alpha value is -0.610. The van der Waals surface area contributed by atoms with Gasteiger partial charge in [-0.3, -0.25) is 9.69 Å². The Morgan fingerprint density at radius 1 is 1.41 bits per heavy atom. The van der Waals surface area contributed by atoms with Gasteiger partial charge in [0.2, 0.25) is 5.91 Å². The van der Waals surface area contributed by atoms with E-state index in [1.807, 2.05) is 6.92 Å². The van der Waals surface area contributed by atoms with Gasteiger partial charge in [0.25, 0.3) is 0 Å². The van der Waals surface area contributed by atoms with E-state index in [4.69, 9.17) is 5.73 Å². The fourth-order valence-electron chi connectivity index (χ4n) is 2.30. The second-order valence-corrected chi connectivity index (χ2v) is 5.50. The fraction of sp³-hybridized carbons (Fsp3) is 0.923. The van der Waals surface area contributed by atoms with E-state index in [1.54, 1.807) is 0 Å². The predicted octanol–water partition coefficient (Wildman–Crippen LogP) is 0.960. The van der Waals surface area contributed by atoms with Crippen LogP contribution in [0.3, 0.4) is 0 Å². The van der Waals surface area contributed by atoms with Crippen LogP contribution in [0.5, 0.6) is 0 Å². The Balaban J connectivity index is 2.44. The third-order valence-corrected chi connectivity index (χ3v) is 3.59. The van der Waals surface area contributed by atoms with Crippen LogP contribution in [0.2, 0.25) is 0 Å². The molecule has 17 heavy (non-hydrogen) atoms. The summed E-state index contributed by atoms with van der Waals surface area (Å²) in [5.41, 5.74) is 5.34. The van der Waals surface area contributed by atoms with Gasteiger partial charge < -0.3 is 11.1 Å². The highest BCUT2D eigenvalue weighted by molar-refractivity contribution is 5.76. The van der Waals surface area contributed by atoms with Crippen LogP contribution in [-0.2, 0) is 4.79 Å². The first kappa shape index (κ1) is 14.5. The van der Waals surface area contributed by atoms with Crippen LogP contribution in [0.1, 0.15) is 40.0 Å². The molecule has 0 saturated carbocycles. The Labute approximate surface area is 105 Å². The van der Waals surface area contributed by atoms with Gasteiger partial charge in [-0.15, -0.1) is 0 Å². The lowest BCUT2D eigenvalue weighted by Gasteiger charge is -2.34. The molecule has 2 atom stereocenters. The summed E-state index contributed by atoms with van der Waals surface area (Å²) in [5.74, 6) is -0.270. The molecule has 0 bridgehead atoms. The molecule has 0 spiro atoms. The number of nitrogens with zero attached hydrogens (tertiary/aromatic N) is 1. The number of hydrogen-bond acceptors (Lipinski definition) is 3. The number of primary amides is 1. The maximum absolute atomic E-state index is 11.1. The first-order valence-electron chi connectivity index (χ1n) is 6.77. The van der Waals surface area contributed by atoms with Gasteiger partial charge in [0.1, 0.15) is 0 Å². The summed E-state index contributed by atoms with van der Waals surface area (Å²) in [6, 6.07) is 1.03. The van der Waals surface area contributed by atoms with Crippen molar-refractivity contribution in [2.75, 3.05) is 19.6 Å². The standard InChI is InChI=1S/C13H27N3O/c1-10(2)16(8-11(3)13(14)17)9-12-6-4-5-7-15-12/h10-12,15H,4-9H2,1-3H3,(H2,14,17). The smallest absolute Gasteiger partial charge is 0.221 e. The van der Waals surface area contributed by atoms with Gasteiger partial charge >= 0.3 is 0 Å². The van der Waals surface area contributed by atoms with E-state index < -0.39 is 0 Å². The first-order chi connectivity index (χ1) is 8.00. The number of amides is 1. The second-order valence-electron chi connectivity index (χ2n) is 5.50. The average Bonchev–Trinajstić information content (AvgIpc) is 2.29. The molecule has 1 rings (SSSR count). The van der Waals surface area contributed by atoms with Crippen molar-refractivity contribution in [3.8, 4) is 0 Å². The van der Waals surface area contributed by atoms with E-state index >= 15 is 0 Å².